The van der Waals surface area contributed by atoms with Crippen LogP contribution < -0.4 is 0 Å². The molecule has 0 aliphatic carbocycles. The van der Waals surface area contributed by atoms with Crippen molar-refractivity contribution in [1.82, 2.24) is 9.80 Å². The van der Waals surface area contributed by atoms with Gasteiger partial charge in [0.15, 0.2) is 0 Å². The summed E-state index contributed by atoms with van der Waals surface area (Å²) in [7, 11) is 0. The van der Waals surface area contributed by atoms with Gasteiger partial charge in [-0.05, 0) is 60.3 Å². The van der Waals surface area contributed by atoms with E-state index in [0.717, 1.165) is 25.7 Å². The predicted octanol–water partition coefficient (Wildman–Crippen LogP) is 2.79. The molecule has 0 aromatic carbocycles. The van der Waals surface area contributed by atoms with Crippen molar-refractivity contribution >= 4 is 12.0 Å². The number of nitrogens with zero attached hydrogens (tertiary/aromatic N) is 2. The summed E-state index contributed by atoms with van der Waals surface area (Å²) in [6, 6.07) is 0.199. The van der Waals surface area contributed by atoms with Crippen molar-refractivity contribution in [2.24, 2.45) is 0 Å². The highest BCUT2D eigenvalue weighted by Crippen LogP contribution is 2.29. The molecule has 0 saturated carbocycles. The highest BCUT2D eigenvalue weighted by Gasteiger charge is 2.42. The maximum atomic E-state index is 12.8. The second-order valence-electron chi connectivity index (χ2n) is 7.35. The van der Waals surface area contributed by atoms with Crippen LogP contribution in [0.1, 0.15) is 60.3 Å². The van der Waals surface area contributed by atoms with E-state index in [0.29, 0.717) is 6.54 Å². The van der Waals surface area contributed by atoms with Crippen LogP contribution in [0.2, 0.25) is 0 Å². The van der Waals surface area contributed by atoms with Crippen LogP contribution in [0.5, 0.6) is 0 Å². The van der Waals surface area contributed by atoms with Gasteiger partial charge in [0.05, 0.1) is 0 Å². The van der Waals surface area contributed by atoms with Crippen molar-refractivity contribution in [3.8, 4) is 0 Å². The number of carbonyl (C=O) groups is 2. The lowest BCUT2D eigenvalue weighted by atomic mass is 10.1. The van der Waals surface area contributed by atoms with Gasteiger partial charge in [0.25, 0.3) is 0 Å². The zero-order valence-corrected chi connectivity index (χ0v) is 13.9. The minimum absolute atomic E-state index is 0.0934. The first-order valence-corrected chi connectivity index (χ1v) is 8.02. The normalized spacial score (nSPS) is 29.9. The molecule has 2 aliphatic heterocycles. The van der Waals surface area contributed by atoms with Crippen LogP contribution in [0.25, 0.3) is 0 Å². The van der Waals surface area contributed by atoms with Crippen LogP contribution in [0.15, 0.2) is 0 Å². The third-order valence-electron chi connectivity index (χ3n) is 4.37. The van der Waals surface area contributed by atoms with Crippen LogP contribution in [-0.2, 0) is 9.53 Å². The van der Waals surface area contributed by atoms with Gasteiger partial charge in [0, 0.05) is 18.6 Å². The first-order valence-electron chi connectivity index (χ1n) is 8.02. The number of carbonyl (C=O) groups excluding carboxylic acids is 2. The SMILES string of the molecule is C[C@H]1CC[C@H](C)N1C(=O)[C@@H]1CCCN1C(=O)OC(C)(C)C. The number of hydrogen-bond donors (Lipinski definition) is 0. The fourth-order valence-corrected chi connectivity index (χ4v) is 3.36. The van der Waals surface area contributed by atoms with Gasteiger partial charge in [-0.25, -0.2) is 4.79 Å². The topological polar surface area (TPSA) is 49.9 Å². The average molecular weight is 296 g/mol. The van der Waals surface area contributed by atoms with Gasteiger partial charge in [-0.2, -0.15) is 0 Å². The fourth-order valence-electron chi connectivity index (χ4n) is 3.36. The summed E-state index contributed by atoms with van der Waals surface area (Å²) in [5.74, 6) is 0.0934. The molecular formula is C16H28N2O3. The van der Waals surface area contributed by atoms with E-state index in [1.807, 2.05) is 25.7 Å². The van der Waals surface area contributed by atoms with E-state index in [1.54, 1.807) is 4.90 Å². The summed E-state index contributed by atoms with van der Waals surface area (Å²) in [5, 5.41) is 0. The van der Waals surface area contributed by atoms with Crippen molar-refractivity contribution < 1.29 is 14.3 Å². The largest absolute Gasteiger partial charge is 0.444 e. The second kappa shape index (κ2) is 5.85. The van der Waals surface area contributed by atoms with Crippen molar-refractivity contribution in [2.45, 2.75) is 84.0 Å². The molecule has 0 radical (unpaired) electrons. The minimum Gasteiger partial charge on any atom is -0.444 e. The minimum atomic E-state index is -0.526. The zero-order chi connectivity index (χ0) is 15.8. The smallest absolute Gasteiger partial charge is 0.410 e. The van der Waals surface area contributed by atoms with E-state index in [2.05, 4.69) is 13.8 Å². The Morgan fingerprint density at radius 1 is 1.05 bits per heavy atom. The van der Waals surface area contributed by atoms with E-state index in [1.165, 1.54) is 0 Å². The highest BCUT2D eigenvalue weighted by molar-refractivity contribution is 5.87. The molecule has 5 nitrogen and oxygen atoms in total. The standard InChI is InChI=1S/C16H28N2O3/c1-11-8-9-12(2)18(11)14(19)13-7-6-10-17(13)15(20)21-16(3,4)5/h11-13H,6-10H2,1-5H3/t11-,12-,13-/m0/s1. The molecule has 5 heteroatoms. The highest BCUT2D eigenvalue weighted by atomic mass is 16.6. The summed E-state index contributed by atoms with van der Waals surface area (Å²) < 4.78 is 5.43. The Hall–Kier alpha value is -1.26. The second-order valence-corrected chi connectivity index (χ2v) is 7.35. The molecule has 2 heterocycles. The Balaban J connectivity index is 2.08. The molecule has 0 spiro atoms. The van der Waals surface area contributed by atoms with Crippen LogP contribution in [0.4, 0.5) is 4.79 Å². The number of ether oxygens (including phenoxy) is 1. The molecule has 2 fully saturated rings. The number of hydrogen-bond acceptors (Lipinski definition) is 3. The molecule has 2 rings (SSSR count). The van der Waals surface area contributed by atoms with E-state index in [4.69, 9.17) is 4.74 Å². The quantitative estimate of drug-likeness (QED) is 0.747. The Kier molecular flexibility index (Phi) is 4.49. The maximum absolute atomic E-state index is 12.8. The van der Waals surface area contributed by atoms with Crippen molar-refractivity contribution in [3.05, 3.63) is 0 Å². The van der Waals surface area contributed by atoms with Crippen LogP contribution >= 0.6 is 0 Å². The Morgan fingerprint density at radius 2 is 1.62 bits per heavy atom. The van der Waals surface area contributed by atoms with Crippen molar-refractivity contribution in [3.63, 3.8) is 0 Å². The molecule has 0 N–H and O–H groups in total. The van der Waals surface area contributed by atoms with E-state index in [-0.39, 0.29) is 30.1 Å². The molecule has 3 atom stereocenters. The first kappa shape index (κ1) is 16.1. The molecule has 120 valence electrons. The van der Waals surface area contributed by atoms with Crippen molar-refractivity contribution in [2.75, 3.05) is 6.54 Å². The van der Waals surface area contributed by atoms with Gasteiger partial charge < -0.3 is 9.64 Å². The molecule has 2 aliphatic rings. The Labute approximate surface area is 127 Å². The van der Waals surface area contributed by atoms with Gasteiger partial charge in [-0.15, -0.1) is 0 Å². The van der Waals surface area contributed by atoms with E-state index < -0.39 is 5.60 Å². The Morgan fingerprint density at radius 3 is 2.14 bits per heavy atom. The zero-order valence-electron chi connectivity index (χ0n) is 13.9. The lowest BCUT2D eigenvalue weighted by Gasteiger charge is -2.33. The predicted molar refractivity (Wildman–Crippen MR) is 81.0 cm³/mol. The molecule has 0 unspecified atom stereocenters. The molecule has 0 aromatic rings. The number of likely N-dealkylation sites (tertiary alicyclic amines) is 2. The van der Waals surface area contributed by atoms with Crippen LogP contribution in [0.3, 0.4) is 0 Å². The lowest BCUT2D eigenvalue weighted by Crippen LogP contribution is -2.51. The average Bonchev–Trinajstić information content (AvgIpc) is 2.94. The van der Waals surface area contributed by atoms with Crippen LogP contribution in [-0.4, -0.2) is 52.1 Å². The molecule has 2 amide bonds. The molecule has 21 heavy (non-hydrogen) atoms. The van der Waals surface area contributed by atoms with Gasteiger partial charge >= 0.3 is 6.09 Å². The summed E-state index contributed by atoms with van der Waals surface area (Å²) in [6.07, 6.45) is 3.34. The summed E-state index contributed by atoms with van der Waals surface area (Å²) in [4.78, 5) is 28.7. The number of rotatable bonds is 1. The summed E-state index contributed by atoms with van der Waals surface area (Å²) in [5.41, 5.74) is -0.526. The first-order chi connectivity index (χ1) is 9.70. The van der Waals surface area contributed by atoms with Gasteiger partial charge in [0.1, 0.15) is 11.6 Å². The third kappa shape index (κ3) is 3.50. The fraction of sp³-hybridized carbons (Fsp3) is 0.875. The van der Waals surface area contributed by atoms with E-state index >= 15 is 0 Å². The molecule has 0 aromatic heterocycles. The number of amides is 2. The monoisotopic (exact) mass is 296 g/mol. The van der Waals surface area contributed by atoms with Gasteiger partial charge in [-0.1, -0.05) is 0 Å². The third-order valence-corrected chi connectivity index (χ3v) is 4.37. The van der Waals surface area contributed by atoms with Gasteiger partial charge in [-0.3, -0.25) is 9.69 Å². The van der Waals surface area contributed by atoms with E-state index in [9.17, 15) is 9.59 Å². The molecular weight excluding hydrogens is 268 g/mol. The lowest BCUT2D eigenvalue weighted by molar-refractivity contribution is -0.138. The van der Waals surface area contributed by atoms with Crippen LogP contribution in [0, 0.1) is 0 Å². The van der Waals surface area contributed by atoms with Crippen molar-refractivity contribution in [1.29, 1.82) is 0 Å². The summed E-state index contributed by atoms with van der Waals surface area (Å²) in [6.45, 7) is 10.3. The molecule has 2 saturated heterocycles. The maximum Gasteiger partial charge on any atom is 0.410 e. The Bertz CT molecular complexity index is 406. The molecule has 0 bridgehead atoms. The summed E-state index contributed by atoms with van der Waals surface area (Å²) >= 11 is 0. The van der Waals surface area contributed by atoms with Gasteiger partial charge in [0.2, 0.25) is 5.91 Å².